The number of piperidine rings is 1. The van der Waals surface area contributed by atoms with Crippen LogP contribution in [0.25, 0.3) is 0 Å². The van der Waals surface area contributed by atoms with Crippen LogP contribution in [0.2, 0.25) is 0 Å². The van der Waals surface area contributed by atoms with E-state index < -0.39 is 0 Å². The first kappa shape index (κ1) is 17.9. The highest BCUT2D eigenvalue weighted by Gasteiger charge is 2.25. The molecule has 0 spiro atoms. The van der Waals surface area contributed by atoms with E-state index in [0.717, 1.165) is 49.5 Å². The molecule has 1 fully saturated rings. The lowest BCUT2D eigenvalue weighted by Crippen LogP contribution is -2.40. The standard InChI is InChI=1S/C22H26N2O3/c1-16-2-4-17(5-3-16)14-24-10-8-19(9-11-24)22(25)23-13-18-6-7-20-21(12-18)27-15-26-20/h2-7,12,19H,8-11,13-15H2,1H3,(H,23,25). The normalized spacial score (nSPS) is 17.1. The van der Waals surface area contributed by atoms with Gasteiger partial charge in [-0.15, -0.1) is 0 Å². The van der Waals surface area contributed by atoms with Crippen LogP contribution >= 0.6 is 0 Å². The molecular weight excluding hydrogens is 340 g/mol. The van der Waals surface area contributed by atoms with E-state index in [2.05, 4.69) is 41.4 Å². The summed E-state index contributed by atoms with van der Waals surface area (Å²) in [5.41, 5.74) is 3.66. The van der Waals surface area contributed by atoms with Crippen LogP contribution in [0.1, 0.15) is 29.5 Å². The fraction of sp³-hybridized carbons (Fsp3) is 0.409. The molecule has 0 bridgehead atoms. The third kappa shape index (κ3) is 4.42. The Balaban J connectivity index is 1.23. The number of hydrogen-bond acceptors (Lipinski definition) is 4. The van der Waals surface area contributed by atoms with Crippen molar-refractivity contribution in [1.82, 2.24) is 10.2 Å². The van der Waals surface area contributed by atoms with Gasteiger partial charge in [-0.2, -0.15) is 0 Å². The van der Waals surface area contributed by atoms with Crippen LogP contribution in [0, 0.1) is 12.8 Å². The molecule has 0 saturated carbocycles. The van der Waals surface area contributed by atoms with Crippen LogP contribution in [0.4, 0.5) is 0 Å². The number of aryl methyl sites for hydroxylation is 1. The van der Waals surface area contributed by atoms with Gasteiger partial charge in [0.05, 0.1) is 0 Å². The molecule has 2 aliphatic heterocycles. The first-order chi connectivity index (χ1) is 13.2. The van der Waals surface area contributed by atoms with Gasteiger partial charge in [0.2, 0.25) is 12.7 Å². The SMILES string of the molecule is Cc1ccc(CN2CCC(C(=O)NCc3ccc4c(c3)OCO4)CC2)cc1. The van der Waals surface area contributed by atoms with E-state index in [-0.39, 0.29) is 18.6 Å². The van der Waals surface area contributed by atoms with Gasteiger partial charge in [-0.1, -0.05) is 35.9 Å². The maximum Gasteiger partial charge on any atom is 0.231 e. The van der Waals surface area contributed by atoms with Gasteiger partial charge in [0.15, 0.2) is 11.5 Å². The minimum atomic E-state index is 0.105. The van der Waals surface area contributed by atoms with Crippen molar-refractivity contribution in [2.75, 3.05) is 19.9 Å². The molecule has 1 amide bonds. The molecule has 4 rings (SSSR count). The number of hydrogen-bond donors (Lipinski definition) is 1. The van der Waals surface area contributed by atoms with E-state index in [1.165, 1.54) is 11.1 Å². The fourth-order valence-corrected chi connectivity index (χ4v) is 3.69. The Labute approximate surface area is 160 Å². The summed E-state index contributed by atoms with van der Waals surface area (Å²) in [4.78, 5) is 15.0. The van der Waals surface area contributed by atoms with Crippen molar-refractivity contribution in [1.29, 1.82) is 0 Å². The molecule has 0 unspecified atom stereocenters. The Kier molecular flexibility index (Phi) is 5.30. The number of fused-ring (bicyclic) bond motifs is 1. The van der Waals surface area contributed by atoms with Gasteiger partial charge < -0.3 is 14.8 Å². The van der Waals surface area contributed by atoms with Crippen LogP contribution < -0.4 is 14.8 Å². The first-order valence-corrected chi connectivity index (χ1v) is 9.61. The summed E-state index contributed by atoms with van der Waals surface area (Å²) >= 11 is 0. The molecule has 2 aromatic rings. The second-order valence-electron chi connectivity index (χ2n) is 7.44. The van der Waals surface area contributed by atoms with Crippen molar-refractivity contribution >= 4 is 5.91 Å². The maximum absolute atomic E-state index is 12.5. The number of nitrogens with zero attached hydrogens (tertiary/aromatic N) is 1. The summed E-state index contributed by atoms with van der Waals surface area (Å²) in [6.45, 7) is 5.81. The summed E-state index contributed by atoms with van der Waals surface area (Å²) < 4.78 is 10.7. The fourth-order valence-electron chi connectivity index (χ4n) is 3.69. The van der Waals surface area contributed by atoms with Crippen molar-refractivity contribution in [3.05, 3.63) is 59.2 Å². The zero-order valence-corrected chi connectivity index (χ0v) is 15.7. The number of carbonyl (C=O) groups excluding carboxylic acids is 1. The van der Waals surface area contributed by atoms with Gasteiger partial charge in [0, 0.05) is 19.0 Å². The summed E-state index contributed by atoms with van der Waals surface area (Å²) in [7, 11) is 0. The van der Waals surface area contributed by atoms with E-state index in [1.807, 2.05) is 18.2 Å². The van der Waals surface area contributed by atoms with E-state index >= 15 is 0 Å². The number of nitrogens with one attached hydrogen (secondary N) is 1. The molecule has 142 valence electrons. The van der Waals surface area contributed by atoms with Crippen molar-refractivity contribution in [2.45, 2.75) is 32.9 Å². The van der Waals surface area contributed by atoms with Crippen molar-refractivity contribution < 1.29 is 14.3 Å². The lowest BCUT2D eigenvalue weighted by Gasteiger charge is -2.31. The van der Waals surface area contributed by atoms with Crippen molar-refractivity contribution in [3.63, 3.8) is 0 Å². The highest BCUT2D eigenvalue weighted by atomic mass is 16.7. The monoisotopic (exact) mass is 366 g/mol. The molecule has 2 aromatic carbocycles. The molecule has 27 heavy (non-hydrogen) atoms. The third-order valence-corrected chi connectivity index (χ3v) is 5.39. The van der Waals surface area contributed by atoms with Crippen LogP contribution in [0.5, 0.6) is 11.5 Å². The number of carbonyl (C=O) groups is 1. The average molecular weight is 366 g/mol. The van der Waals surface area contributed by atoms with Gasteiger partial charge in [-0.25, -0.2) is 0 Å². The second kappa shape index (κ2) is 8.01. The molecule has 0 aliphatic carbocycles. The largest absolute Gasteiger partial charge is 0.454 e. The summed E-state index contributed by atoms with van der Waals surface area (Å²) in [5.74, 6) is 1.79. The Hall–Kier alpha value is -2.53. The number of amides is 1. The van der Waals surface area contributed by atoms with E-state index in [4.69, 9.17) is 9.47 Å². The van der Waals surface area contributed by atoms with E-state index in [1.54, 1.807) is 0 Å². The molecule has 5 heteroatoms. The van der Waals surface area contributed by atoms with Crippen molar-refractivity contribution in [3.8, 4) is 11.5 Å². The lowest BCUT2D eigenvalue weighted by atomic mass is 9.95. The number of rotatable bonds is 5. The summed E-state index contributed by atoms with van der Waals surface area (Å²) in [6.07, 6.45) is 1.83. The Morgan fingerprint density at radius 3 is 2.52 bits per heavy atom. The quantitative estimate of drug-likeness (QED) is 0.883. The van der Waals surface area contributed by atoms with Gasteiger partial charge in [0.1, 0.15) is 0 Å². The molecule has 5 nitrogen and oxygen atoms in total. The molecule has 0 radical (unpaired) electrons. The minimum absolute atomic E-state index is 0.105. The Morgan fingerprint density at radius 1 is 1.04 bits per heavy atom. The predicted molar refractivity (Wildman–Crippen MR) is 104 cm³/mol. The molecule has 0 atom stereocenters. The summed E-state index contributed by atoms with van der Waals surface area (Å²) in [5, 5.41) is 3.08. The van der Waals surface area contributed by atoms with Crippen molar-refractivity contribution in [2.24, 2.45) is 5.92 Å². The van der Waals surface area contributed by atoms with Crippen LogP contribution in [-0.4, -0.2) is 30.7 Å². The van der Waals surface area contributed by atoms with Crippen LogP contribution in [-0.2, 0) is 17.9 Å². The lowest BCUT2D eigenvalue weighted by molar-refractivity contribution is -0.126. The zero-order chi connectivity index (χ0) is 18.6. The summed E-state index contributed by atoms with van der Waals surface area (Å²) in [6, 6.07) is 14.5. The first-order valence-electron chi connectivity index (χ1n) is 9.61. The molecule has 0 aromatic heterocycles. The zero-order valence-electron chi connectivity index (χ0n) is 15.7. The molecule has 1 saturated heterocycles. The highest BCUT2D eigenvalue weighted by molar-refractivity contribution is 5.78. The highest BCUT2D eigenvalue weighted by Crippen LogP contribution is 2.32. The maximum atomic E-state index is 12.5. The molecule has 2 heterocycles. The van der Waals surface area contributed by atoms with Gasteiger partial charge >= 0.3 is 0 Å². The number of benzene rings is 2. The van der Waals surface area contributed by atoms with Crippen LogP contribution in [0.15, 0.2) is 42.5 Å². The van der Waals surface area contributed by atoms with Gasteiger partial charge in [-0.05, 0) is 56.1 Å². The smallest absolute Gasteiger partial charge is 0.231 e. The number of likely N-dealkylation sites (tertiary alicyclic amines) is 1. The Bertz CT molecular complexity index is 796. The molecular formula is C22H26N2O3. The third-order valence-electron chi connectivity index (χ3n) is 5.39. The predicted octanol–water partition coefficient (Wildman–Crippen LogP) is 3.25. The Morgan fingerprint density at radius 2 is 1.74 bits per heavy atom. The molecule has 2 aliphatic rings. The van der Waals surface area contributed by atoms with E-state index in [9.17, 15) is 4.79 Å². The second-order valence-corrected chi connectivity index (χ2v) is 7.44. The topological polar surface area (TPSA) is 50.8 Å². The molecule has 1 N–H and O–H groups in total. The van der Waals surface area contributed by atoms with E-state index in [0.29, 0.717) is 6.54 Å². The van der Waals surface area contributed by atoms with Gasteiger partial charge in [0.25, 0.3) is 0 Å². The van der Waals surface area contributed by atoms with Gasteiger partial charge in [-0.3, -0.25) is 9.69 Å². The van der Waals surface area contributed by atoms with Crippen LogP contribution in [0.3, 0.4) is 0 Å². The average Bonchev–Trinajstić information content (AvgIpc) is 3.16. The number of ether oxygens (including phenoxy) is 2. The minimum Gasteiger partial charge on any atom is -0.454 e.